The molecule has 0 fully saturated rings. The first-order valence-electron chi connectivity index (χ1n) is 6.84. The van der Waals surface area contributed by atoms with Gasteiger partial charge in [-0.1, -0.05) is 56.4 Å². The molecule has 5 heteroatoms. The van der Waals surface area contributed by atoms with Crippen LogP contribution in [0.3, 0.4) is 0 Å². The molecule has 0 spiro atoms. The van der Waals surface area contributed by atoms with Crippen LogP contribution in [-0.2, 0) is 6.54 Å². The molecule has 0 atom stereocenters. The average Bonchev–Trinajstić information content (AvgIpc) is 2.41. The Kier molecular flexibility index (Phi) is 7.01. The molecule has 110 valence electrons. The van der Waals surface area contributed by atoms with Gasteiger partial charge in [-0.2, -0.15) is 0 Å². The Labute approximate surface area is 126 Å². The highest BCUT2D eigenvalue weighted by molar-refractivity contribution is 7.80. The van der Waals surface area contributed by atoms with Gasteiger partial charge in [0.1, 0.15) is 0 Å². The summed E-state index contributed by atoms with van der Waals surface area (Å²) in [4.78, 5) is 14.4. The quantitative estimate of drug-likeness (QED) is 0.760. The van der Waals surface area contributed by atoms with Crippen molar-refractivity contribution in [1.82, 2.24) is 10.2 Å². The molecule has 0 saturated heterocycles. The molecule has 1 aromatic rings. The number of nitrogens with zero attached hydrogens (tertiary/aromatic N) is 1. The number of urea groups is 1. The predicted molar refractivity (Wildman–Crippen MR) is 86.5 cm³/mol. The van der Waals surface area contributed by atoms with Gasteiger partial charge in [0.2, 0.25) is 0 Å². The zero-order valence-corrected chi connectivity index (χ0v) is 13.0. The van der Waals surface area contributed by atoms with Crippen LogP contribution in [0.1, 0.15) is 25.8 Å². The molecular formula is C15H23N3OS. The van der Waals surface area contributed by atoms with E-state index in [1.807, 2.05) is 30.3 Å². The molecule has 0 aliphatic carbocycles. The number of hydrogen-bond acceptors (Lipinski definition) is 2. The summed E-state index contributed by atoms with van der Waals surface area (Å²) in [6, 6.07) is 9.78. The summed E-state index contributed by atoms with van der Waals surface area (Å²) in [6.45, 7) is 5.95. The predicted octanol–water partition coefficient (Wildman–Crippen LogP) is 2.53. The van der Waals surface area contributed by atoms with Gasteiger partial charge in [-0.05, 0) is 11.5 Å². The SMILES string of the molecule is CC(C)CN(CCC(N)=S)C(=O)NCc1ccccc1. The van der Waals surface area contributed by atoms with E-state index in [2.05, 4.69) is 19.2 Å². The van der Waals surface area contributed by atoms with Gasteiger partial charge in [-0.15, -0.1) is 0 Å². The van der Waals surface area contributed by atoms with Crippen molar-refractivity contribution < 1.29 is 4.79 Å². The Morgan fingerprint density at radius 3 is 2.55 bits per heavy atom. The van der Waals surface area contributed by atoms with Crippen molar-refractivity contribution >= 4 is 23.2 Å². The minimum Gasteiger partial charge on any atom is -0.393 e. The standard InChI is InChI=1S/C15H23N3OS/c1-12(2)11-18(9-8-14(16)20)15(19)17-10-13-6-4-3-5-7-13/h3-7,12H,8-11H2,1-2H3,(H2,16,20)(H,17,19). The molecule has 0 aromatic heterocycles. The van der Waals surface area contributed by atoms with E-state index in [4.69, 9.17) is 18.0 Å². The fourth-order valence-electron chi connectivity index (χ4n) is 1.85. The summed E-state index contributed by atoms with van der Waals surface area (Å²) in [7, 11) is 0. The van der Waals surface area contributed by atoms with Gasteiger partial charge in [-0.3, -0.25) is 0 Å². The number of thiocarbonyl (C=S) groups is 1. The van der Waals surface area contributed by atoms with Gasteiger partial charge in [0.15, 0.2) is 0 Å². The van der Waals surface area contributed by atoms with Crippen molar-refractivity contribution in [1.29, 1.82) is 0 Å². The van der Waals surface area contributed by atoms with Crippen LogP contribution in [0.4, 0.5) is 4.79 Å². The molecule has 0 bridgehead atoms. The molecular weight excluding hydrogens is 270 g/mol. The van der Waals surface area contributed by atoms with Crippen LogP contribution in [-0.4, -0.2) is 29.0 Å². The summed E-state index contributed by atoms with van der Waals surface area (Å²) in [5, 5.41) is 2.93. The molecule has 0 aliphatic rings. The first kappa shape index (κ1) is 16.4. The maximum absolute atomic E-state index is 12.2. The zero-order valence-electron chi connectivity index (χ0n) is 12.1. The Morgan fingerprint density at radius 2 is 2.00 bits per heavy atom. The molecule has 0 aliphatic heterocycles. The van der Waals surface area contributed by atoms with Crippen molar-refractivity contribution in [2.45, 2.75) is 26.8 Å². The summed E-state index contributed by atoms with van der Waals surface area (Å²) in [5.74, 6) is 0.406. The van der Waals surface area contributed by atoms with Crippen LogP contribution in [0.5, 0.6) is 0 Å². The van der Waals surface area contributed by atoms with Crippen molar-refractivity contribution in [3.63, 3.8) is 0 Å². The third-order valence-electron chi connectivity index (χ3n) is 2.79. The van der Waals surface area contributed by atoms with E-state index in [9.17, 15) is 4.79 Å². The highest BCUT2D eigenvalue weighted by Crippen LogP contribution is 2.03. The fourth-order valence-corrected chi connectivity index (χ4v) is 1.94. The van der Waals surface area contributed by atoms with Crippen molar-refractivity contribution in [3.8, 4) is 0 Å². The second kappa shape index (κ2) is 8.53. The Balaban J connectivity index is 2.51. The molecule has 1 rings (SSSR count). The molecule has 1 aromatic carbocycles. The summed E-state index contributed by atoms with van der Waals surface area (Å²) < 4.78 is 0. The van der Waals surface area contributed by atoms with E-state index in [0.717, 1.165) is 5.56 Å². The maximum Gasteiger partial charge on any atom is 0.317 e. The number of carbonyl (C=O) groups is 1. The lowest BCUT2D eigenvalue weighted by Crippen LogP contribution is -2.42. The number of carbonyl (C=O) groups excluding carboxylic acids is 1. The smallest absolute Gasteiger partial charge is 0.317 e. The third kappa shape index (κ3) is 6.52. The van der Waals surface area contributed by atoms with Crippen LogP contribution in [0, 0.1) is 5.92 Å². The van der Waals surface area contributed by atoms with Gasteiger partial charge >= 0.3 is 6.03 Å². The third-order valence-corrected chi connectivity index (χ3v) is 2.99. The normalized spacial score (nSPS) is 10.3. The Morgan fingerprint density at radius 1 is 1.35 bits per heavy atom. The molecule has 0 unspecified atom stereocenters. The zero-order chi connectivity index (χ0) is 15.0. The molecule has 2 amide bonds. The number of benzene rings is 1. The largest absolute Gasteiger partial charge is 0.393 e. The average molecular weight is 293 g/mol. The minimum absolute atomic E-state index is 0.0706. The number of nitrogens with one attached hydrogen (secondary N) is 1. The highest BCUT2D eigenvalue weighted by atomic mass is 32.1. The van der Waals surface area contributed by atoms with Crippen LogP contribution in [0.25, 0.3) is 0 Å². The lowest BCUT2D eigenvalue weighted by Gasteiger charge is -2.24. The number of rotatable bonds is 7. The van der Waals surface area contributed by atoms with Crippen LogP contribution in [0.2, 0.25) is 0 Å². The molecule has 0 heterocycles. The van der Waals surface area contributed by atoms with E-state index >= 15 is 0 Å². The van der Waals surface area contributed by atoms with Crippen LogP contribution < -0.4 is 11.1 Å². The van der Waals surface area contributed by atoms with Crippen molar-refractivity contribution in [2.75, 3.05) is 13.1 Å². The maximum atomic E-state index is 12.2. The van der Waals surface area contributed by atoms with Gasteiger partial charge < -0.3 is 16.0 Å². The monoisotopic (exact) mass is 293 g/mol. The number of amides is 2. The Hall–Kier alpha value is -1.62. The second-order valence-corrected chi connectivity index (χ2v) is 5.72. The minimum atomic E-state index is -0.0706. The topological polar surface area (TPSA) is 58.4 Å². The summed E-state index contributed by atoms with van der Waals surface area (Å²) >= 11 is 4.87. The van der Waals surface area contributed by atoms with E-state index in [-0.39, 0.29) is 6.03 Å². The number of nitrogens with two attached hydrogens (primary N) is 1. The van der Waals surface area contributed by atoms with Crippen molar-refractivity contribution in [3.05, 3.63) is 35.9 Å². The van der Waals surface area contributed by atoms with Crippen molar-refractivity contribution in [2.24, 2.45) is 11.7 Å². The second-order valence-electron chi connectivity index (χ2n) is 5.20. The van der Waals surface area contributed by atoms with E-state index < -0.39 is 0 Å². The highest BCUT2D eigenvalue weighted by Gasteiger charge is 2.14. The Bertz CT molecular complexity index is 434. The van der Waals surface area contributed by atoms with Gasteiger partial charge in [0.25, 0.3) is 0 Å². The van der Waals surface area contributed by atoms with Crippen LogP contribution >= 0.6 is 12.2 Å². The van der Waals surface area contributed by atoms with Crippen LogP contribution in [0.15, 0.2) is 30.3 Å². The van der Waals surface area contributed by atoms with Gasteiger partial charge in [0.05, 0.1) is 4.99 Å². The van der Waals surface area contributed by atoms with E-state index in [1.54, 1.807) is 4.90 Å². The number of hydrogen-bond donors (Lipinski definition) is 2. The first-order valence-corrected chi connectivity index (χ1v) is 7.25. The van der Waals surface area contributed by atoms with E-state index in [1.165, 1.54) is 0 Å². The van der Waals surface area contributed by atoms with Gasteiger partial charge in [0, 0.05) is 26.1 Å². The molecule has 4 nitrogen and oxygen atoms in total. The molecule has 0 saturated carbocycles. The molecule has 0 radical (unpaired) electrons. The summed E-state index contributed by atoms with van der Waals surface area (Å²) in [6.07, 6.45) is 0.556. The fraction of sp³-hybridized carbons (Fsp3) is 0.467. The summed E-state index contributed by atoms with van der Waals surface area (Å²) in [5.41, 5.74) is 6.59. The van der Waals surface area contributed by atoms with Gasteiger partial charge in [-0.25, -0.2) is 4.79 Å². The lowest BCUT2D eigenvalue weighted by molar-refractivity contribution is 0.192. The first-order chi connectivity index (χ1) is 9.49. The van der Waals surface area contributed by atoms with E-state index in [0.29, 0.717) is 37.0 Å². The lowest BCUT2D eigenvalue weighted by atomic mass is 10.2. The molecule has 20 heavy (non-hydrogen) atoms. The molecule has 3 N–H and O–H groups in total.